The van der Waals surface area contributed by atoms with Gasteiger partial charge in [0.25, 0.3) is 0 Å². The van der Waals surface area contributed by atoms with Crippen molar-refractivity contribution in [3.8, 4) is 0 Å². The van der Waals surface area contributed by atoms with Crippen LogP contribution in [0, 0.1) is 0 Å². The summed E-state index contributed by atoms with van der Waals surface area (Å²) in [5.74, 6) is 0. The maximum absolute atomic E-state index is 9.94. The Bertz CT molecular complexity index is 317. The van der Waals surface area contributed by atoms with Gasteiger partial charge in [-0.15, -0.1) is 0 Å². The van der Waals surface area contributed by atoms with Gasteiger partial charge < -0.3 is 5.11 Å². The van der Waals surface area contributed by atoms with Gasteiger partial charge in [0, 0.05) is 19.1 Å². The Morgan fingerprint density at radius 2 is 1.93 bits per heavy atom. The summed E-state index contributed by atoms with van der Waals surface area (Å²) in [5, 5.41) is 9.94. The maximum Gasteiger partial charge on any atom is 0.0898 e. The van der Waals surface area contributed by atoms with E-state index in [1.165, 1.54) is 5.56 Å². The molecule has 82 valence electrons. The highest BCUT2D eigenvalue weighted by Gasteiger charge is 2.41. The van der Waals surface area contributed by atoms with Crippen LogP contribution in [-0.4, -0.2) is 28.7 Å². The number of rotatable bonds is 3. The summed E-state index contributed by atoms with van der Waals surface area (Å²) >= 11 is 0. The van der Waals surface area contributed by atoms with Gasteiger partial charge in [0.15, 0.2) is 0 Å². The summed E-state index contributed by atoms with van der Waals surface area (Å²) in [5.41, 5.74) is 0.902. The molecule has 1 heterocycles. The Labute approximate surface area is 91.5 Å². The molecule has 1 fully saturated rings. The van der Waals surface area contributed by atoms with E-state index in [1.54, 1.807) is 0 Å². The average Bonchev–Trinajstić information content (AvgIpc) is 2.25. The lowest BCUT2D eigenvalue weighted by atomic mass is 9.88. The van der Waals surface area contributed by atoms with Crippen LogP contribution in [0.15, 0.2) is 30.3 Å². The van der Waals surface area contributed by atoms with E-state index in [2.05, 4.69) is 36.1 Å². The van der Waals surface area contributed by atoms with Crippen LogP contribution < -0.4 is 0 Å². The van der Waals surface area contributed by atoms with E-state index in [9.17, 15) is 5.11 Å². The van der Waals surface area contributed by atoms with Crippen molar-refractivity contribution >= 4 is 0 Å². The van der Waals surface area contributed by atoms with Gasteiger partial charge in [0.2, 0.25) is 0 Å². The van der Waals surface area contributed by atoms with Gasteiger partial charge >= 0.3 is 0 Å². The number of β-amino-alcohol motifs (C(OH)–C–C–N with tert-alkyl or cyclic N) is 1. The summed E-state index contributed by atoms with van der Waals surface area (Å²) < 4.78 is 0. The molecule has 0 spiro atoms. The maximum atomic E-state index is 9.94. The van der Waals surface area contributed by atoms with Gasteiger partial charge in [-0.2, -0.15) is 0 Å². The average molecular weight is 205 g/mol. The van der Waals surface area contributed by atoms with E-state index in [1.807, 2.05) is 13.0 Å². The third-order valence-electron chi connectivity index (χ3n) is 3.48. The van der Waals surface area contributed by atoms with Crippen LogP contribution in [0.5, 0.6) is 0 Å². The molecule has 2 heteroatoms. The number of nitrogens with zero attached hydrogens (tertiary/aromatic N) is 1. The number of likely N-dealkylation sites (tertiary alicyclic amines) is 1. The van der Waals surface area contributed by atoms with Crippen molar-refractivity contribution in [2.24, 2.45) is 0 Å². The molecule has 0 saturated carbocycles. The molecule has 2 rings (SSSR count). The van der Waals surface area contributed by atoms with Crippen molar-refractivity contribution in [1.29, 1.82) is 0 Å². The van der Waals surface area contributed by atoms with Gasteiger partial charge in [0.1, 0.15) is 0 Å². The second-order valence-corrected chi connectivity index (χ2v) is 4.57. The first-order chi connectivity index (χ1) is 7.14. The van der Waals surface area contributed by atoms with E-state index < -0.39 is 5.60 Å². The minimum absolute atomic E-state index is 0.415. The first kappa shape index (κ1) is 10.7. The lowest BCUT2D eigenvalue weighted by Gasteiger charge is -2.49. The highest BCUT2D eigenvalue weighted by Crippen LogP contribution is 2.32. The van der Waals surface area contributed by atoms with Gasteiger partial charge in [-0.1, -0.05) is 37.3 Å². The summed E-state index contributed by atoms with van der Waals surface area (Å²) in [6.07, 6.45) is 0.852. The van der Waals surface area contributed by atoms with E-state index in [-0.39, 0.29) is 0 Å². The van der Waals surface area contributed by atoms with Crippen LogP contribution in [0.1, 0.15) is 31.9 Å². The normalized spacial score (nSPS) is 22.1. The fourth-order valence-electron chi connectivity index (χ4n) is 2.15. The SMILES string of the molecule is CCC1(O)CN(C(C)c2ccccc2)C1. The molecule has 2 nitrogen and oxygen atoms in total. The smallest absolute Gasteiger partial charge is 0.0898 e. The molecule has 1 saturated heterocycles. The van der Waals surface area contributed by atoms with Crippen LogP contribution in [0.2, 0.25) is 0 Å². The van der Waals surface area contributed by atoms with E-state index >= 15 is 0 Å². The van der Waals surface area contributed by atoms with Crippen molar-refractivity contribution in [2.45, 2.75) is 31.9 Å². The van der Waals surface area contributed by atoms with E-state index in [0.29, 0.717) is 6.04 Å². The number of aliphatic hydroxyl groups is 1. The van der Waals surface area contributed by atoms with Crippen molar-refractivity contribution in [3.63, 3.8) is 0 Å². The lowest BCUT2D eigenvalue weighted by Crippen LogP contribution is -2.61. The Morgan fingerprint density at radius 3 is 2.47 bits per heavy atom. The predicted molar refractivity (Wildman–Crippen MR) is 61.7 cm³/mol. The van der Waals surface area contributed by atoms with Crippen LogP contribution in [0.4, 0.5) is 0 Å². The molecule has 0 bridgehead atoms. The summed E-state index contributed by atoms with van der Waals surface area (Å²) in [4.78, 5) is 2.32. The Balaban J connectivity index is 1.98. The van der Waals surface area contributed by atoms with E-state index in [0.717, 1.165) is 19.5 Å². The van der Waals surface area contributed by atoms with Crippen molar-refractivity contribution in [2.75, 3.05) is 13.1 Å². The zero-order valence-electron chi connectivity index (χ0n) is 9.48. The Kier molecular flexibility index (Phi) is 2.81. The first-order valence-electron chi connectivity index (χ1n) is 5.66. The lowest BCUT2D eigenvalue weighted by molar-refractivity contribution is -0.115. The molecule has 1 atom stereocenters. The van der Waals surface area contributed by atoms with Crippen LogP contribution >= 0.6 is 0 Å². The largest absolute Gasteiger partial charge is 0.387 e. The zero-order valence-corrected chi connectivity index (χ0v) is 9.48. The quantitative estimate of drug-likeness (QED) is 0.817. The third kappa shape index (κ3) is 2.06. The molecule has 1 aromatic carbocycles. The van der Waals surface area contributed by atoms with Crippen molar-refractivity contribution in [1.82, 2.24) is 4.90 Å². The molecule has 0 aromatic heterocycles. The van der Waals surface area contributed by atoms with Gasteiger partial charge in [0.05, 0.1) is 5.60 Å². The molecule has 1 aliphatic heterocycles. The fourth-order valence-corrected chi connectivity index (χ4v) is 2.15. The van der Waals surface area contributed by atoms with E-state index in [4.69, 9.17) is 0 Å². The highest BCUT2D eigenvalue weighted by atomic mass is 16.3. The summed E-state index contributed by atoms with van der Waals surface area (Å²) in [6.45, 7) is 5.86. The zero-order chi connectivity index (χ0) is 10.9. The third-order valence-corrected chi connectivity index (χ3v) is 3.48. The topological polar surface area (TPSA) is 23.5 Å². The number of hydrogen-bond acceptors (Lipinski definition) is 2. The molecule has 0 radical (unpaired) electrons. The van der Waals surface area contributed by atoms with Gasteiger partial charge in [-0.25, -0.2) is 0 Å². The second-order valence-electron chi connectivity index (χ2n) is 4.57. The van der Waals surface area contributed by atoms with Gasteiger partial charge in [-0.05, 0) is 18.9 Å². The minimum Gasteiger partial charge on any atom is -0.387 e. The molecule has 1 N–H and O–H groups in total. The molecule has 1 aliphatic rings. The Morgan fingerprint density at radius 1 is 1.33 bits per heavy atom. The molecular weight excluding hydrogens is 186 g/mol. The molecule has 15 heavy (non-hydrogen) atoms. The molecule has 0 amide bonds. The standard InChI is InChI=1S/C13H19NO/c1-3-13(15)9-14(10-13)11(2)12-7-5-4-6-8-12/h4-8,11,15H,3,9-10H2,1-2H3. The molecule has 1 aromatic rings. The second kappa shape index (κ2) is 3.95. The van der Waals surface area contributed by atoms with Crippen LogP contribution in [0.3, 0.4) is 0 Å². The summed E-state index contributed by atoms with van der Waals surface area (Å²) in [7, 11) is 0. The van der Waals surface area contributed by atoms with Crippen molar-refractivity contribution < 1.29 is 5.11 Å². The van der Waals surface area contributed by atoms with Crippen LogP contribution in [0.25, 0.3) is 0 Å². The molecule has 1 unspecified atom stereocenters. The number of benzene rings is 1. The minimum atomic E-state index is -0.428. The van der Waals surface area contributed by atoms with Crippen molar-refractivity contribution in [3.05, 3.63) is 35.9 Å². The predicted octanol–water partition coefficient (Wildman–Crippen LogP) is 2.20. The Hall–Kier alpha value is -0.860. The molecule has 0 aliphatic carbocycles. The highest BCUT2D eigenvalue weighted by molar-refractivity contribution is 5.19. The molecular formula is C13H19NO. The summed E-state index contributed by atoms with van der Waals surface area (Å²) in [6, 6.07) is 10.9. The fraction of sp³-hybridized carbons (Fsp3) is 0.538. The first-order valence-corrected chi connectivity index (χ1v) is 5.66. The van der Waals surface area contributed by atoms with Crippen LogP contribution in [-0.2, 0) is 0 Å². The number of hydrogen-bond donors (Lipinski definition) is 1. The van der Waals surface area contributed by atoms with Gasteiger partial charge in [-0.3, -0.25) is 4.90 Å². The monoisotopic (exact) mass is 205 g/mol.